The van der Waals surface area contributed by atoms with Gasteiger partial charge in [-0.1, -0.05) is 12.1 Å². The molecule has 0 spiro atoms. The highest BCUT2D eigenvalue weighted by Gasteiger charge is 2.20. The summed E-state index contributed by atoms with van der Waals surface area (Å²) in [7, 11) is 0. The monoisotopic (exact) mass is 391 g/mol. The molecule has 1 fully saturated rings. The minimum atomic E-state index is -0.173. The summed E-state index contributed by atoms with van der Waals surface area (Å²) >= 11 is 0. The first-order chi connectivity index (χ1) is 14.0. The summed E-state index contributed by atoms with van der Waals surface area (Å²) in [6.07, 6.45) is 0.934. The number of nitrogens with one attached hydrogen (secondary N) is 2. The molecule has 1 aromatic heterocycles. The van der Waals surface area contributed by atoms with Gasteiger partial charge in [0.15, 0.2) is 0 Å². The third-order valence-corrected chi connectivity index (χ3v) is 5.19. The number of hydrogen-bond donors (Lipinski definition) is 2. The van der Waals surface area contributed by atoms with Crippen LogP contribution in [0.15, 0.2) is 46.9 Å². The predicted molar refractivity (Wildman–Crippen MR) is 113 cm³/mol. The maximum absolute atomic E-state index is 12.1. The van der Waals surface area contributed by atoms with Crippen LogP contribution in [-0.2, 0) is 0 Å². The molecule has 1 aliphatic rings. The first kappa shape index (κ1) is 19.0. The number of carbonyl (C=O) groups is 1. The van der Waals surface area contributed by atoms with Gasteiger partial charge in [-0.25, -0.2) is 4.79 Å². The molecule has 4 rings (SSSR count). The summed E-state index contributed by atoms with van der Waals surface area (Å²) in [5.41, 5.74) is 5.08. The molecule has 29 heavy (non-hydrogen) atoms. The van der Waals surface area contributed by atoms with Crippen molar-refractivity contribution in [2.24, 2.45) is 0 Å². The minimum Gasteiger partial charge on any atom is -0.418 e. The number of nitrogens with zero attached hydrogens (tertiary/aromatic N) is 3. The largest absolute Gasteiger partial charge is 0.418 e. The van der Waals surface area contributed by atoms with Gasteiger partial charge in [0, 0.05) is 30.0 Å². The van der Waals surface area contributed by atoms with Crippen molar-refractivity contribution in [3.63, 3.8) is 0 Å². The van der Waals surface area contributed by atoms with E-state index in [0.29, 0.717) is 18.3 Å². The molecule has 1 atom stereocenters. The molecule has 1 aliphatic heterocycles. The lowest BCUT2D eigenvalue weighted by Gasteiger charge is -2.28. The van der Waals surface area contributed by atoms with E-state index in [9.17, 15) is 4.79 Å². The quantitative estimate of drug-likeness (QED) is 0.671. The van der Waals surface area contributed by atoms with Crippen molar-refractivity contribution < 1.29 is 9.21 Å². The van der Waals surface area contributed by atoms with Gasteiger partial charge in [0.25, 0.3) is 0 Å². The number of hydrogen-bond acceptors (Lipinski definition) is 5. The molecule has 1 saturated heterocycles. The van der Waals surface area contributed by atoms with Crippen molar-refractivity contribution in [3.05, 3.63) is 59.5 Å². The maximum atomic E-state index is 12.1. The highest BCUT2D eigenvalue weighted by Crippen LogP contribution is 2.27. The summed E-state index contributed by atoms with van der Waals surface area (Å²) in [6, 6.07) is 13.7. The fourth-order valence-corrected chi connectivity index (χ4v) is 3.35. The van der Waals surface area contributed by atoms with Crippen LogP contribution in [0.5, 0.6) is 0 Å². The van der Waals surface area contributed by atoms with Gasteiger partial charge in [-0.3, -0.25) is 4.90 Å². The van der Waals surface area contributed by atoms with Crippen LogP contribution < -0.4 is 15.5 Å². The van der Waals surface area contributed by atoms with Crippen LogP contribution in [0.1, 0.15) is 36.4 Å². The average molecular weight is 391 g/mol. The van der Waals surface area contributed by atoms with Gasteiger partial charge in [-0.2, -0.15) is 0 Å². The Bertz CT molecular complexity index is 1030. The van der Waals surface area contributed by atoms with E-state index < -0.39 is 0 Å². The number of carbonyl (C=O) groups excluding carboxylic acids is 1. The molecule has 0 aliphatic carbocycles. The second-order valence-corrected chi connectivity index (χ2v) is 7.40. The van der Waals surface area contributed by atoms with Gasteiger partial charge in [-0.05, 0) is 68.7 Å². The van der Waals surface area contributed by atoms with E-state index in [1.807, 2.05) is 37.3 Å². The van der Waals surface area contributed by atoms with Crippen molar-refractivity contribution in [3.8, 4) is 11.5 Å². The molecule has 7 nitrogen and oxygen atoms in total. The van der Waals surface area contributed by atoms with Gasteiger partial charge < -0.3 is 15.1 Å². The van der Waals surface area contributed by atoms with Gasteiger partial charge in [0.05, 0.1) is 0 Å². The maximum Gasteiger partial charge on any atom is 0.321 e. The summed E-state index contributed by atoms with van der Waals surface area (Å²) in [5.74, 6) is 1.02. The summed E-state index contributed by atoms with van der Waals surface area (Å²) < 4.78 is 5.90. The van der Waals surface area contributed by atoms with Crippen LogP contribution in [0.2, 0.25) is 0 Å². The molecule has 2 aromatic carbocycles. The second kappa shape index (κ2) is 7.95. The number of urea groups is 1. The Kier molecular flexibility index (Phi) is 5.20. The van der Waals surface area contributed by atoms with Crippen molar-refractivity contribution in [2.75, 3.05) is 23.3 Å². The Morgan fingerprint density at radius 1 is 1.14 bits per heavy atom. The summed E-state index contributed by atoms with van der Waals surface area (Å²) in [4.78, 5) is 13.8. The molecule has 2 N–H and O–H groups in total. The van der Waals surface area contributed by atoms with Crippen LogP contribution in [0, 0.1) is 13.8 Å². The van der Waals surface area contributed by atoms with Gasteiger partial charge in [-0.15, -0.1) is 10.2 Å². The summed E-state index contributed by atoms with van der Waals surface area (Å²) in [5, 5.41) is 14.7. The van der Waals surface area contributed by atoms with E-state index >= 15 is 0 Å². The SMILES string of the molecule is Cc1ccc(-c2nnc([C@@H](C)Nc3cccc(N4CCCNC4=O)c3)o2)cc1C. The van der Waals surface area contributed by atoms with Crippen LogP contribution in [-0.4, -0.2) is 29.3 Å². The van der Waals surface area contributed by atoms with E-state index in [0.717, 1.165) is 29.9 Å². The fraction of sp³-hybridized carbons (Fsp3) is 0.318. The lowest BCUT2D eigenvalue weighted by atomic mass is 10.1. The first-order valence-electron chi connectivity index (χ1n) is 9.84. The zero-order chi connectivity index (χ0) is 20.4. The Labute approximate surface area is 170 Å². The second-order valence-electron chi connectivity index (χ2n) is 7.40. The molecule has 2 heterocycles. The van der Waals surface area contributed by atoms with Crippen LogP contribution >= 0.6 is 0 Å². The number of anilines is 2. The topological polar surface area (TPSA) is 83.3 Å². The Morgan fingerprint density at radius 3 is 2.79 bits per heavy atom. The lowest BCUT2D eigenvalue weighted by molar-refractivity contribution is 0.243. The number of aromatic nitrogens is 2. The average Bonchev–Trinajstić information content (AvgIpc) is 3.21. The van der Waals surface area contributed by atoms with Crippen LogP contribution in [0.25, 0.3) is 11.5 Å². The molecule has 150 valence electrons. The standard InChI is InChI=1S/C22H25N5O2/c1-14-8-9-17(12-15(14)2)21-26-25-20(29-21)16(3)24-18-6-4-7-19(13-18)27-11-5-10-23-22(27)28/h4,6-9,12-13,16,24H,5,10-11H2,1-3H3,(H,23,28)/t16-/m1/s1. The van der Waals surface area contributed by atoms with E-state index in [1.165, 1.54) is 11.1 Å². The van der Waals surface area contributed by atoms with E-state index in [-0.39, 0.29) is 12.1 Å². The summed E-state index contributed by atoms with van der Waals surface area (Å²) in [6.45, 7) is 7.55. The molecule has 0 saturated carbocycles. The van der Waals surface area contributed by atoms with Gasteiger partial charge in [0.1, 0.15) is 6.04 Å². The third-order valence-electron chi connectivity index (χ3n) is 5.19. The Hall–Kier alpha value is -3.35. The van der Waals surface area contributed by atoms with E-state index in [2.05, 4.69) is 46.8 Å². The van der Waals surface area contributed by atoms with E-state index in [4.69, 9.17) is 4.42 Å². The smallest absolute Gasteiger partial charge is 0.321 e. The Balaban J connectivity index is 1.49. The van der Waals surface area contributed by atoms with Crippen molar-refractivity contribution in [2.45, 2.75) is 33.2 Å². The predicted octanol–water partition coefficient (Wildman–Crippen LogP) is 4.45. The highest BCUT2D eigenvalue weighted by atomic mass is 16.4. The van der Waals surface area contributed by atoms with Crippen LogP contribution in [0.4, 0.5) is 16.2 Å². The molecule has 0 unspecified atom stereocenters. The molecule has 7 heteroatoms. The minimum absolute atomic E-state index is 0.0589. The van der Waals surface area contributed by atoms with Crippen LogP contribution in [0.3, 0.4) is 0 Å². The zero-order valence-electron chi connectivity index (χ0n) is 16.9. The Morgan fingerprint density at radius 2 is 2.00 bits per heavy atom. The fourth-order valence-electron chi connectivity index (χ4n) is 3.35. The number of rotatable bonds is 5. The van der Waals surface area contributed by atoms with Gasteiger partial charge >= 0.3 is 6.03 Å². The number of amides is 2. The lowest BCUT2D eigenvalue weighted by Crippen LogP contribution is -2.46. The molecular formula is C22H25N5O2. The van der Waals surface area contributed by atoms with Crippen molar-refractivity contribution >= 4 is 17.4 Å². The number of benzene rings is 2. The normalized spacial score (nSPS) is 15.1. The highest BCUT2D eigenvalue weighted by molar-refractivity contribution is 5.93. The molecule has 0 bridgehead atoms. The van der Waals surface area contributed by atoms with E-state index in [1.54, 1.807) is 4.90 Å². The van der Waals surface area contributed by atoms with Crippen molar-refractivity contribution in [1.29, 1.82) is 0 Å². The molecule has 2 amide bonds. The first-order valence-corrected chi connectivity index (χ1v) is 9.84. The molecule has 3 aromatic rings. The van der Waals surface area contributed by atoms with Gasteiger partial charge in [0.2, 0.25) is 11.8 Å². The number of aryl methyl sites for hydroxylation is 2. The molecular weight excluding hydrogens is 366 g/mol. The molecule has 0 radical (unpaired) electrons. The van der Waals surface area contributed by atoms with Crippen molar-refractivity contribution in [1.82, 2.24) is 15.5 Å². The zero-order valence-corrected chi connectivity index (χ0v) is 16.9. The third kappa shape index (κ3) is 4.08.